The number of nitrogens with zero attached hydrogens (tertiary/aromatic N) is 1. The number of carbonyl (C=O) groups excluding carboxylic acids is 1. The van der Waals surface area contributed by atoms with Crippen LogP contribution in [0.3, 0.4) is 0 Å². The molecule has 1 saturated carbocycles. The molecule has 0 N–H and O–H groups in total. The minimum absolute atomic E-state index is 0.0870. The van der Waals surface area contributed by atoms with Crippen LogP contribution in [-0.2, 0) is 0 Å². The Balaban J connectivity index is 2.09. The standard InChI is InChI=1S/C13H12BrNO/c14-12(7-9-4-5-9)13(16)11-3-1-2-10(6-11)8-15/h1-3,6,9,12H,4-5,7H2. The normalized spacial score (nSPS) is 16.5. The topological polar surface area (TPSA) is 40.9 Å². The van der Waals surface area contributed by atoms with E-state index in [4.69, 9.17) is 5.26 Å². The van der Waals surface area contributed by atoms with Crippen LogP contribution in [0.2, 0.25) is 0 Å². The number of benzene rings is 1. The third kappa shape index (κ3) is 2.70. The van der Waals surface area contributed by atoms with Gasteiger partial charge in [-0.05, 0) is 24.5 Å². The van der Waals surface area contributed by atoms with Crippen LogP contribution in [0.25, 0.3) is 0 Å². The number of rotatable bonds is 4. The first-order valence-electron chi connectivity index (χ1n) is 5.39. The second-order valence-electron chi connectivity index (χ2n) is 4.20. The Morgan fingerprint density at radius 1 is 1.56 bits per heavy atom. The molecule has 16 heavy (non-hydrogen) atoms. The molecule has 3 heteroatoms. The molecule has 2 rings (SSSR count). The molecule has 0 radical (unpaired) electrons. The van der Waals surface area contributed by atoms with E-state index in [1.165, 1.54) is 12.8 Å². The molecule has 0 bridgehead atoms. The number of halogens is 1. The third-order valence-electron chi connectivity index (χ3n) is 2.80. The maximum Gasteiger partial charge on any atom is 0.176 e. The van der Waals surface area contributed by atoms with Crippen LogP contribution in [-0.4, -0.2) is 10.6 Å². The first kappa shape index (κ1) is 11.3. The molecule has 1 fully saturated rings. The molecule has 0 aromatic heterocycles. The Bertz CT molecular complexity index is 445. The van der Waals surface area contributed by atoms with Gasteiger partial charge in [-0.15, -0.1) is 0 Å². The van der Waals surface area contributed by atoms with Crippen LogP contribution in [0.4, 0.5) is 0 Å². The van der Waals surface area contributed by atoms with E-state index in [0.29, 0.717) is 17.0 Å². The summed E-state index contributed by atoms with van der Waals surface area (Å²) in [7, 11) is 0. The Morgan fingerprint density at radius 2 is 2.31 bits per heavy atom. The maximum absolute atomic E-state index is 12.0. The lowest BCUT2D eigenvalue weighted by molar-refractivity contribution is 0.0987. The Labute approximate surface area is 103 Å². The van der Waals surface area contributed by atoms with Gasteiger partial charge < -0.3 is 0 Å². The van der Waals surface area contributed by atoms with Crippen molar-refractivity contribution in [3.05, 3.63) is 35.4 Å². The first-order chi connectivity index (χ1) is 7.70. The fraction of sp³-hybridized carbons (Fsp3) is 0.385. The zero-order valence-corrected chi connectivity index (χ0v) is 10.4. The average molecular weight is 278 g/mol. The van der Waals surface area contributed by atoms with E-state index in [1.54, 1.807) is 24.3 Å². The predicted molar refractivity (Wildman–Crippen MR) is 65.5 cm³/mol. The monoisotopic (exact) mass is 277 g/mol. The molecule has 1 atom stereocenters. The summed E-state index contributed by atoms with van der Waals surface area (Å²) in [5, 5.41) is 8.76. The van der Waals surface area contributed by atoms with E-state index in [9.17, 15) is 4.79 Å². The summed E-state index contributed by atoms with van der Waals surface area (Å²) < 4.78 is 0. The lowest BCUT2D eigenvalue weighted by Gasteiger charge is -2.07. The van der Waals surface area contributed by atoms with Crippen molar-refractivity contribution < 1.29 is 4.79 Å². The van der Waals surface area contributed by atoms with Gasteiger partial charge in [-0.25, -0.2) is 0 Å². The summed E-state index contributed by atoms with van der Waals surface area (Å²) in [4.78, 5) is 11.9. The number of nitriles is 1. The van der Waals surface area contributed by atoms with Crippen LogP contribution >= 0.6 is 15.9 Å². The highest BCUT2D eigenvalue weighted by Gasteiger charge is 2.28. The van der Waals surface area contributed by atoms with Crippen molar-refractivity contribution >= 4 is 21.7 Å². The summed E-state index contributed by atoms with van der Waals surface area (Å²) >= 11 is 3.43. The number of carbonyl (C=O) groups is 1. The molecule has 0 heterocycles. The molecule has 1 aliphatic carbocycles. The van der Waals surface area contributed by atoms with Gasteiger partial charge in [-0.2, -0.15) is 5.26 Å². The highest BCUT2D eigenvalue weighted by atomic mass is 79.9. The predicted octanol–water partition coefficient (Wildman–Crippen LogP) is 3.30. The van der Waals surface area contributed by atoms with Crippen molar-refractivity contribution in [1.82, 2.24) is 0 Å². The van der Waals surface area contributed by atoms with Gasteiger partial charge in [0.1, 0.15) is 0 Å². The van der Waals surface area contributed by atoms with Gasteiger partial charge in [0.2, 0.25) is 0 Å². The molecule has 2 nitrogen and oxygen atoms in total. The molecular formula is C13H12BrNO. The Morgan fingerprint density at radius 3 is 2.94 bits per heavy atom. The molecule has 1 unspecified atom stereocenters. The SMILES string of the molecule is N#Cc1cccc(C(=O)C(Br)CC2CC2)c1. The summed E-state index contributed by atoms with van der Waals surface area (Å²) in [6.07, 6.45) is 3.40. The van der Waals surface area contributed by atoms with Gasteiger partial charge in [-0.3, -0.25) is 4.79 Å². The van der Waals surface area contributed by atoms with E-state index >= 15 is 0 Å². The smallest absolute Gasteiger partial charge is 0.176 e. The number of hydrogen-bond acceptors (Lipinski definition) is 2. The minimum atomic E-state index is -0.103. The van der Waals surface area contributed by atoms with Crippen LogP contribution in [0.15, 0.2) is 24.3 Å². The van der Waals surface area contributed by atoms with E-state index in [-0.39, 0.29) is 10.6 Å². The maximum atomic E-state index is 12.0. The molecule has 0 saturated heterocycles. The summed E-state index contributed by atoms with van der Waals surface area (Å²) in [5.74, 6) is 0.802. The van der Waals surface area contributed by atoms with E-state index < -0.39 is 0 Å². The third-order valence-corrected chi connectivity index (χ3v) is 3.59. The zero-order valence-electron chi connectivity index (χ0n) is 8.82. The first-order valence-corrected chi connectivity index (χ1v) is 6.30. The number of hydrogen-bond donors (Lipinski definition) is 0. The van der Waals surface area contributed by atoms with E-state index in [1.807, 2.05) is 6.07 Å². The lowest BCUT2D eigenvalue weighted by atomic mass is 10.0. The summed E-state index contributed by atoms with van der Waals surface area (Å²) in [6.45, 7) is 0. The Hall–Kier alpha value is -1.14. The molecule has 1 aromatic carbocycles. The van der Waals surface area contributed by atoms with Crippen molar-refractivity contribution in [1.29, 1.82) is 5.26 Å². The molecule has 0 spiro atoms. The molecule has 1 aromatic rings. The second-order valence-corrected chi connectivity index (χ2v) is 5.31. The van der Waals surface area contributed by atoms with Gasteiger partial charge in [0.15, 0.2) is 5.78 Å². The van der Waals surface area contributed by atoms with Crippen LogP contribution < -0.4 is 0 Å². The molecule has 0 aliphatic heterocycles. The number of ketones is 1. The van der Waals surface area contributed by atoms with Crippen molar-refractivity contribution in [2.24, 2.45) is 5.92 Å². The fourth-order valence-corrected chi connectivity index (χ4v) is 2.47. The second kappa shape index (κ2) is 4.80. The molecular weight excluding hydrogens is 266 g/mol. The highest BCUT2D eigenvalue weighted by Crippen LogP contribution is 2.36. The van der Waals surface area contributed by atoms with Crippen molar-refractivity contribution in [2.45, 2.75) is 24.1 Å². The van der Waals surface area contributed by atoms with Crippen molar-refractivity contribution in [2.75, 3.05) is 0 Å². The van der Waals surface area contributed by atoms with Gasteiger partial charge in [-0.1, -0.05) is 40.9 Å². The summed E-state index contributed by atoms with van der Waals surface area (Å²) in [5.41, 5.74) is 1.17. The van der Waals surface area contributed by atoms with Crippen molar-refractivity contribution in [3.63, 3.8) is 0 Å². The van der Waals surface area contributed by atoms with Crippen LogP contribution in [0.5, 0.6) is 0 Å². The Kier molecular flexibility index (Phi) is 3.40. The number of alkyl halides is 1. The average Bonchev–Trinajstić information content (AvgIpc) is 3.12. The lowest BCUT2D eigenvalue weighted by Crippen LogP contribution is -2.14. The van der Waals surface area contributed by atoms with Crippen LogP contribution in [0.1, 0.15) is 35.2 Å². The van der Waals surface area contributed by atoms with Crippen molar-refractivity contribution in [3.8, 4) is 6.07 Å². The minimum Gasteiger partial charge on any atom is -0.293 e. The zero-order chi connectivity index (χ0) is 11.5. The molecule has 0 amide bonds. The highest BCUT2D eigenvalue weighted by molar-refractivity contribution is 9.10. The van der Waals surface area contributed by atoms with Gasteiger partial charge in [0.25, 0.3) is 0 Å². The fourth-order valence-electron chi connectivity index (χ4n) is 1.68. The van der Waals surface area contributed by atoms with E-state index in [2.05, 4.69) is 15.9 Å². The number of Topliss-reactive ketones (excluding diaryl/α,β-unsaturated/α-hetero) is 1. The quantitative estimate of drug-likeness (QED) is 0.626. The van der Waals surface area contributed by atoms with Gasteiger partial charge >= 0.3 is 0 Å². The van der Waals surface area contributed by atoms with Crippen LogP contribution in [0, 0.1) is 17.2 Å². The van der Waals surface area contributed by atoms with E-state index in [0.717, 1.165) is 6.42 Å². The van der Waals surface area contributed by atoms with Gasteiger partial charge in [0, 0.05) is 5.56 Å². The largest absolute Gasteiger partial charge is 0.293 e. The molecule has 82 valence electrons. The molecule has 1 aliphatic rings. The van der Waals surface area contributed by atoms with Gasteiger partial charge in [0.05, 0.1) is 16.5 Å². The summed E-state index contributed by atoms with van der Waals surface area (Å²) in [6, 6.07) is 8.93.